The van der Waals surface area contributed by atoms with Crippen LogP contribution in [0.15, 0.2) is 17.0 Å². The average Bonchev–Trinajstić information content (AvgIpc) is 2.60. The fraction of sp³-hybridized carbons (Fsp3) is 0.500. The van der Waals surface area contributed by atoms with Crippen LogP contribution in [0.4, 0.5) is 10.5 Å². The molecule has 0 aliphatic carbocycles. The Kier molecular flexibility index (Phi) is 4.80. The zero-order valence-corrected chi connectivity index (χ0v) is 15.8. The number of ether oxygens (including phenoxy) is 1. The number of sulfonamides is 1. The van der Waals surface area contributed by atoms with Crippen LogP contribution in [0.5, 0.6) is 5.75 Å². The Labute approximate surface area is 152 Å². The van der Waals surface area contributed by atoms with E-state index in [4.69, 9.17) is 4.74 Å². The van der Waals surface area contributed by atoms with Gasteiger partial charge in [-0.05, 0) is 24.6 Å². The van der Waals surface area contributed by atoms with Crippen molar-refractivity contribution in [3.05, 3.63) is 17.7 Å². The highest BCUT2D eigenvalue weighted by Crippen LogP contribution is 2.34. The van der Waals surface area contributed by atoms with Crippen molar-refractivity contribution in [3.63, 3.8) is 0 Å². The molecule has 10 heteroatoms. The molecule has 142 valence electrons. The number of nitrogens with zero attached hydrogens (tertiary/aromatic N) is 3. The maximum absolute atomic E-state index is 13.0. The molecular weight excluding hydrogens is 360 g/mol. The minimum atomic E-state index is -3.74. The molecule has 3 amide bonds. The van der Waals surface area contributed by atoms with Crippen molar-refractivity contribution >= 4 is 27.6 Å². The molecule has 0 saturated carbocycles. The van der Waals surface area contributed by atoms with E-state index in [1.807, 2.05) is 0 Å². The first-order valence-corrected chi connectivity index (χ1v) is 9.68. The number of benzene rings is 1. The van der Waals surface area contributed by atoms with Crippen molar-refractivity contribution in [1.82, 2.24) is 14.1 Å². The Bertz CT molecular complexity index is 844. The molecule has 1 fully saturated rings. The summed E-state index contributed by atoms with van der Waals surface area (Å²) in [6.07, 6.45) is 0. The summed E-state index contributed by atoms with van der Waals surface area (Å²) < 4.78 is 32.8. The molecule has 0 unspecified atom stereocenters. The normalized spacial score (nSPS) is 18.0. The van der Waals surface area contributed by atoms with E-state index in [2.05, 4.69) is 5.32 Å². The molecule has 0 aromatic heterocycles. The van der Waals surface area contributed by atoms with Crippen LogP contribution in [-0.4, -0.2) is 81.3 Å². The van der Waals surface area contributed by atoms with Crippen LogP contribution >= 0.6 is 0 Å². The van der Waals surface area contributed by atoms with E-state index in [0.29, 0.717) is 30.1 Å². The molecule has 26 heavy (non-hydrogen) atoms. The second-order valence-corrected chi connectivity index (χ2v) is 8.43. The maximum atomic E-state index is 13.0. The van der Waals surface area contributed by atoms with Gasteiger partial charge in [0.2, 0.25) is 10.0 Å². The maximum Gasteiger partial charge on any atom is 0.319 e. The average molecular weight is 382 g/mol. The lowest BCUT2D eigenvalue weighted by atomic mass is 10.2. The van der Waals surface area contributed by atoms with Crippen LogP contribution in [0, 0.1) is 6.92 Å². The van der Waals surface area contributed by atoms with Crippen molar-refractivity contribution in [3.8, 4) is 5.75 Å². The van der Waals surface area contributed by atoms with Gasteiger partial charge < -0.3 is 19.9 Å². The number of urea groups is 1. The summed E-state index contributed by atoms with van der Waals surface area (Å²) in [5.74, 6) is 0.142. The number of rotatable bonds is 2. The van der Waals surface area contributed by atoms with Gasteiger partial charge in [0.15, 0.2) is 6.61 Å². The second-order valence-electron chi connectivity index (χ2n) is 6.52. The third-order valence-electron chi connectivity index (χ3n) is 4.42. The van der Waals surface area contributed by atoms with Crippen LogP contribution in [0.2, 0.25) is 0 Å². The molecule has 1 saturated heterocycles. The van der Waals surface area contributed by atoms with Crippen molar-refractivity contribution in [2.75, 3.05) is 52.2 Å². The summed E-state index contributed by atoms with van der Waals surface area (Å²) in [5.41, 5.74) is 0.901. The van der Waals surface area contributed by atoms with Gasteiger partial charge in [-0.3, -0.25) is 4.79 Å². The zero-order valence-electron chi connectivity index (χ0n) is 15.0. The van der Waals surface area contributed by atoms with E-state index in [1.54, 1.807) is 32.0 Å². The molecule has 2 heterocycles. The van der Waals surface area contributed by atoms with E-state index >= 15 is 0 Å². The lowest BCUT2D eigenvalue weighted by molar-refractivity contribution is -0.118. The van der Waals surface area contributed by atoms with Crippen LogP contribution < -0.4 is 10.1 Å². The lowest BCUT2D eigenvalue weighted by Gasteiger charge is -2.35. The quantitative estimate of drug-likeness (QED) is 0.794. The van der Waals surface area contributed by atoms with Crippen molar-refractivity contribution in [1.29, 1.82) is 0 Å². The number of piperazine rings is 1. The van der Waals surface area contributed by atoms with E-state index < -0.39 is 10.0 Å². The summed E-state index contributed by atoms with van der Waals surface area (Å²) in [6.45, 7) is 2.72. The predicted molar refractivity (Wildman–Crippen MR) is 94.7 cm³/mol. The Morgan fingerprint density at radius 2 is 1.85 bits per heavy atom. The number of carbonyl (C=O) groups excluding carboxylic acids is 2. The first kappa shape index (κ1) is 18.5. The number of amides is 3. The molecule has 1 N–H and O–H groups in total. The van der Waals surface area contributed by atoms with E-state index in [9.17, 15) is 18.0 Å². The summed E-state index contributed by atoms with van der Waals surface area (Å²) >= 11 is 0. The number of aryl methyl sites for hydroxylation is 1. The highest BCUT2D eigenvalue weighted by atomic mass is 32.2. The van der Waals surface area contributed by atoms with Gasteiger partial charge >= 0.3 is 6.03 Å². The highest BCUT2D eigenvalue weighted by molar-refractivity contribution is 7.89. The van der Waals surface area contributed by atoms with Gasteiger partial charge in [0.1, 0.15) is 5.75 Å². The molecule has 0 radical (unpaired) electrons. The van der Waals surface area contributed by atoms with E-state index in [1.165, 1.54) is 15.3 Å². The van der Waals surface area contributed by atoms with E-state index in [-0.39, 0.29) is 36.5 Å². The molecule has 9 nitrogen and oxygen atoms in total. The van der Waals surface area contributed by atoms with Gasteiger partial charge in [-0.15, -0.1) is 0 Å². The monoisotopic (exact) mass is 382 g/mol. The Morgan fingerprint density at radius 3 is 2.46 bits per heavy atom. The molecule has 2 aliphatic heterocycles. The Hall–Kier alpha value is -2.33. The van der Waals surface area contributed by atoms with Crippen LogP contribution in [0.1, 0.15) is 5.56 Å². The van der Waals surface area contributed by atoms with Crippen LogP contribution in [0.25, 0.3) is 0 Å². The summed E-state index contributed by atoms with van der Waals surface area (Å²) in [4.78, 5) is 26.7. The number of hydrogen-bond acceptors (Lipinski definition) is 5. The zero-order chi connectivity index (χ0) is 19.1. The molecule has 0 bridgehead atoms. The molecule has 1 aromatic carbocycles. The van der Waals surface area contributed by atoms with Crippen molar-refractivity contribution in [2.24, 2.45) is 0 Å². The Balaban J connectivity index is 1.82. The topological polar surface area (TPSA) is 99.3 Å². The van der Waals surface area contributed by atoms with Crippen molar-refractivity contribution < 1.29 is 22.7 Å². The first-order valence-electron chi connectivity index (χ1n) is 8.24. The number of anilines is 1. The van der Waals surface area contributed by atoms with Gasteiger partial charge in [0.25, 0.3) is 5.91 Å². The molecule has 3 rings (SSSR count). The molecule has 0 atom stereocenters. The highest BCUT2D eigenvalue weighted by Gasteiger charge is 2.32. The number of hydrogen-bond donors (Lipinski definition) is 1. The Morgan fingerprint density at radius 1 is 1.19 bits per heavy atom. The fourth-order valence-electron chi connectivity index (χ4n) is 3.03. The third-order valence-corrected chi connectivity index (χ3v) is 6.46. The fourth-order valence-corrected chi connectivity index (χ4v) is 4.68. The van der Waals surface area contributed by atoms with Gasteiger partial charge in [-0.25, -0.2) is 13.2 Å². The summed E-state index contributed by atoms with van der Waals surface area (Å²) in [5, 5.41) is 2.63. The molecule has 2 aliphatic rings. The molecule has 1 aromatic rings. The first-order chi connectivity index (χ1) is 12.2. The second kappa shape index (κ2) is 6.76. The SMILES string of the molecule is Cc1cc2c(cc1S(=O)(=O)N1CCN(C(=O)N(C)C)CC1)NC(=O)CO2. The predicted octanol–water partition coefficient (Wildman–Crippen LogP) is 0.314. The van der Waals surface area contributed by atoms with Gasteiger partial charge in [0, 0.05) is 40.3 Å². The largest absolute Gasteiger partial charge is 0.482 e. The van der Waals surface area contributed by atoms with Gasteiger partial charge in [-0.1, -0.05) is 0 Å². The lowest BCUT2D eigenvalue weighted by Crippen LogP contribution is -2.52. The minimum Gasteiger partial charge on any atom is -0.482 e. The molecule has 0 spiro atoms. The van der Waals surface area contributed by atoms with Crippen LogP contribution in [-0.2, 0) is 14.8 Å². The summed E-state index contributed by atoms with van der Waals surface area (Å²) in [7, 11) is -0.408. The number of carbonyl (C=O) groups is 2. The smallest absolute Gasteiger partial charge is 0.319 e. The van der Waals surface area contributed by atoms with E-state index in [0.717, 1.165) is 0 Å². The third kappa shape index (κ3) is 3.34. The van der Waals surface area contributed by atoms with Crippen LogP contribution in [0.3, 0.4) is 0 Å². The van der Waals surface area contributed by atoms with Gasteiger partial charge in [-0.2, -0.15) is 4.31 Å². The van der Waals surface area contributed by atoms with Crippen molar-refractivity contribution in [2.45, 2.75) is 11.8 Å². The standard InChI is InChI=1S/C16H22N4O5S/c1-11-8-13-12(17-15(21)10-25-13)9-14(11)26(23,24)20-6-4-19(5-7-20)16(22)18(2)3/h8-9H,4-7,10H2,1-3H3,(H,17,21). The number of nitrogens with one attached hydrogen (secondary N) is 1. The molecular formula is C16H22N4O5S. The van der Waals surface area contributed by atoms with Gasteiger partial charge in [0.05, 0.1) is 10.6 Å². The minimum absolute atomic E-state index is 0.0829. The number of fused-ring (bicyclic) bond motifs is 1. The summed E-state index contributed by atoms with van der Waals surface area (Å²) in [6, 6.07) is 2.92.